The van der Waals surface area contributed by atoms with Crippen LogP contribution in [-0.4, -0.2) is 30.1 Å². The molecule has 0 aliphatic carbocycles. The molecular weight excluding hydrogens is 196 g/mol. The van der Waals surface area contributed by atoms with Gasteiger partial charge in [-0.25, -0.2) is 0 Å². The number of nitrogens with two attached hydrogens (primary N) is 1. The summed E-state index contributed by atoms with van der Waals surface area (Å²) in [5, 5.41) is 0. The molecule has 0 amide bonds. The van der Waals surface area contributed by atoms with Gasteiger partial charge >= 0.3 is 0 Å². The van der Waals surface area contributed by atoms with Crippen LogP contribution >= 0.6 is 0 Å². The third kappa shape index (κ3) is 2.63. The topological polar surface area (TPSA) is 29.3 Å². The summed E-state index contributed by atoms with van der Waals surface area (Å²) in [5.74, 6) is 0.637. The van der Waals surface area contributed by atoms with Crippen molar-refractivity contribution in [2.24, 2.45) is 11.7 Å². The Morgan fingerprint density at radius 2 is 2.00 bits per heavy atom. The van der Waals surface area contributed by atoms with Crippen molar-refractivity contribution in [1.82, 2.24) is 4.90 Å². The molecule has 16 heavy (non-hydrogen) atoms. The van der Waals surface area contributed by atoms with Gasteiger partial charge in [0.2, 0.25) is 0 Å². The maximum absolute atomic E-state index is 6.06. The minimum Gasteiger partial charge on any atom is -0.326 e. The second-order valence-electron chi connectivity index (χ2n) is 5.13. The van der Waals surface area contributed by atoms with Gasteiger partial charge < -0.3 is 5.73 Å². The quantitative estimate of drug-likeness (QED) is 0.839. The molecule has 88 valence electrons. The lowest BCUT2D eigenvalue weighted by Crippen LogP contribution is -2.35. The predicted molar refractivity (Wildman–Crippen MR) is 68.3 cm³/mol. The Morgan fingerprint density at radius 1 is 1.31 bits per heavy atom. The molecule has 1 heterocycles. The summed E-state index contributed by atoms with van der Waals surface area (Å²) < 4.78 is 0. The highest BCUT2D eigenvalue weighted by molar-refractivity contribution is 5.15. The highest BCUT2D eigenvalue weighted by Gasteiger charge is 2.29. The van der Waals surface area contributed by atoms with Crippen molar-refractivity contribution in [3.63, 3.8) is 0 Å². The molecule has 2 nitrogen and oxygen atoms in total. The van der Waals surface area contributed by atoms with E-state index in [2.05, 4.69) is 49.1 Å². The first-order valence-electron chi connectivity index (χ1n) is 6.20. The maximum atomic E-state index is 6.06. The number of hydrogen-bond donors (Lipinski definition) is 1. The number of hydrogen-bond acceptors (Lipinski definition) is 2. The van der Waals surface area contributed by atoms with E-state index in [1.807, 2.05) is 0 Å². The molecule has 2 heteroatoms. The van der Waals surface area contributed by atoms with Crippen LogP contribution in [0.15, 0.2) is 30.3 Å². The zero-order chi connectivity index (χ0) is 11.5. The average molecular weight is 218 g/mol. The zero-order valence-electron chi connectivity index (χ0n) is 10.3. The van der Waals surface area contributed by atoms with Crippen molar-refractivity contribution in [2.75, 3.05) is 13.1 Å². The van der Waals surface area contributed by atoms with Crippen LogP contribution in [0.3, 0.4) is 0 Å². The zero-order valence-corrected chi connectivity index (χ0v) is 10.3. The Morgan fingerprint density at radius 3 is 2.56 bits per heavy atom. The van der Waals surface area contributed by atoms with Gasteiger partial charge in [0.1, 0.15) is 0 Å². The van der Waals surface area contributed by atoms with Gasteiger partial charge in [-0.2, -0.15) is 0 Å². The molecular formula is C14H22N2. The standard InChI is InChI=1S/C14H22N2/c1-11-9-16(10-14(11)15)12(2)8-13-6-4-3-5-7-13/h3-7,11-12,14H,8-10,15H2,1-2H3. The fraction of sp³-hybridized carbons (Fsp3) is 0.571. The first-order chi connectivity index (χ1) is 7.66. The van der Waals surface area contributed by atoms with Crippen molar-refractivity contribution in [3.05, 3.63) is 35.9 Å². The minimum atomic E-state index is 0.359. The molecule has 3 unspecified atom stereocenters. The highest BCUT2D eigenvalue weighted by Crippen LogP contribution is 2.19. The van der Waals surface area contributed by atoms with Gasteiger partial charge in [-0.3, -0.25) is 4.90 Å². The lowest BCUT2D eigenvalue weighted by molar-refractivity contribution is 0.248. The molecule has 0 saturated carbocycles. The Balaban J connectivity index is 1.92. The van der Waals surface area contributed by atoms with E-state index in [0.29, 0.717) is 18.0 Å². The van der Waals surface area contributed by atoms with E-state index in [1.165, 1.54) is 5.56 Å². The minimum absolute atomic E-state index is 0.359. The van der Waals surface area contributed by atoms with E-state index in [-0.39, 0.29) is 0 Å². The molecule has 1 saturated heterocycles. The maximum Gasteiger partial charge on any atom is 0.0206 e. The summed E-state index contributed by atoms with van der Waals surface area (Å²) in [6.45, 7) is 6.75. The number of nitrogens with zero attached hydrogens (tertiary/aromatic N) is 1. The summed E-state index contributed by atoms with van der Waals surface area (Å²) in [5.41, 5.74) is 7.48. The molecule has 0 spiro atoms. The molecule has 1 fully saturated rings. The van der Waals surface area contributed by atoms with Crippen molar-refractivity contribution >= 4 is 0 Å². The molecule has 0 aromatic heterocycles. The molecule has 3 atom stereocenters. The highest BCUT2D eigenvalue weighted by atomic mass is 15.2. The van der Waals surface area contributed by atoms with Gasteiger partial charge in [0, 0.05) is 25.2 Å². The number of likely N-dealkylation sites (tertiary alicyclic amines) is 1. The van der Waals surface area contributed by atoms with E-state index >= 15 is 0 Å². The largest absolute Gasteiger partial charge is 0.326 e. The first kappa shape index (κ1) is 11.6. The predicted octanol–water partition coefficient (Wildman–Crippen LogP) is 1.90. The van der Waals surface area contributed by atoms with Crippen LogP contribution in [0.4, 0.5) is 0 Å². The van der Waals surface area contributed by atoms with E-state index in [4.69, 9.17) is 5.73 Å². The van der Waals surface area contributed by atoms with Gasteiger partial charge in [-0.15, -0.1) is 0 Å². The van der Waals surface area contributed by atoms with Crippen molar-refractivity contribution in [1.29, 1.82) is 0 Å². The molecule has 1 aliphatic heterocycles. The molecule has 1 aromatic carbocycles. The van der Waals surface area contributed by atoms with Gasteiger partial charge in [0.25, 0.3) is 0 Å². The van der Waals surface area contributed by atoms with Gasteiger partial charge in [-0.1, -0.05) is 37.3 Å². The second-order valence-corrected chi connectivity index (χ2v) is 5.13. The summed E-state index contributed by atoms with van der Waals surface area (Å²) in [7, 11) is 0. The molecule has 2 N–H and O–H groups in total. The number of rotatable bonds is 3. The molecule has 0 bridgehead atoms. The third-order valence-electron chi connectivity index (χ3n) is 3.70. The fourth-order valence-electron chi connectivity index (χ4n) is 2.47. The van der Waals surface area contributed by atoms with E-state index < -0.39 is 0 Å². The van der Waals surface area contributed by atoms with Crippen molar-refractivity contribution in [2.45, 2.75) is 32.4 Å². The Labute approximate surface area is 98.4 Å². The molecule has 1 aliphatic rings. The van der Waals surface area contributed by atoms with Gasteiger partial charge in [-0.05, 0) is 24.8 Å². The second kappa shape index (κ2) is 4.98. The van der Waals surface area contributed by atoms with Crippen LogP contribution in [0, 0.1) is 5.92 Å². The third-order valence-corrected chi connectivity index (χ3v) is 3.70. The average Bonchev–Trinajstić information content (AvgIpc) is 2.61. The Bertz CT molecular complexity index is 313. The summed E-state index contributed by atoms with van der Waals surface area (Å²) in [6.07, 6.45) is 1.13. The summed E-state index contributed by atoms with van der Waals surface area (Å²) in [4.78, 5) is 2.52. The van der Waals surface area contributed by atoms with E-state index in [9.17, 15) is 0 Å². The summed E-state index contributed by atoms with van der Waals surface area (Å²) in [6, 6.07) is 11.7. The van der Waals surface area contributed by atoms with Crippen LogP contribution in [-0.2, 0) is 6.42 Å². The van der Waals surface area contributed by atoms with Crippen LogP contribution in [0.1, 0.15) is 19.4 Å². The molecule has 0 radical (unpaired) electrons. The molecule has 1 aromatic rings. The Kier molecular flexibility index (Phi) is 3.62. The van der Waals surface area contributed by atoms with E-state index in [1.54, 1.807) is 0 Å². The van der Waals surface area contributed by atoms with Gasteiger partial charge in [0.15, 0.2) is 0 Å². The van der Waals surface area contributed by atoms with Crippen LogP contribution in [0.5, 0.6) is 0 Å². The Hall–Kier alpha value is -0.860. The first-order valence-corrected chi connectivity index (χ1v) is 6.20. The van der Waals surface area contributed by atoms with Gasteiger partial charge in [0.05, 0.1) is 0 Å². The lowest BCUT2D eigenvalue weighted by atomic mass is 10.1. The number of benzene rings is 1. The van der Waals surface area contributed by atoms with E-state index in [0.717, 1.165) is 19.5 Å². The van der Waals surface area contributed by atoms with Crippen molar-refractivity contribution < 1.29 is 0 Å². The van der Waals surface area contributed by atoms with Crippen LogP contribution in [0.25, 0.3) is 0 Å². The smallest absolute Gasteiger partial charge is 0.0206 e. The normalized spacial score (nSPS) is 28.2. The fourth-order valence-corrected chi connectivity index (χ4v) is 2.47. The monoisotopic (exact) mass is 218 g/mol. The summed E-state index contributed by atoms with van der Waals surface area (Å²) >= 11 is 0. The lowest BCUT2D eigenvalue weighted by Gasteiger charge is -2.24. The van der Waals surface area contributed by atoms with Crippen molar-refractivity contribution in [3.8, 4) is 0 Å². The molecule has 2 rings (SSSR count). The SMILES string of the molecule is CC1CN(C(C)Cc2ccccc2)CC1N. The van der Waals surface area contributed by atoms with Crippen LogP contribution < -0.4 is 5.73 Å². The van der Waals surface area contributed by atoms with Crippen LogP contribution in [0.2, 0.25) is 0 Å².